The largest absolute Gasteiger partial charge is 0.481 e. The zero-order valence-corrected chi connectivity index (χ0v) is 17.4. The van der Waals surface area contributed by atoms with E-state index in [2.05, 4.69) is 15.3 Å². The summed E-state index contributed by atoms with van der Waals surface area (Å²) < 4.78 is 0. The SMILES string of the molecule is Cc1ccccc1[C@H](CC(=O)O)NC(=O)c1nc(Cl)c(N(N)C(N)=O)nc1N(N)C(N)=O. The van der Waals surface area contributed by atoms with Crippen molar-refractivity contribution in [3.05, 3.63) is 46.2 Å². The highest BCUT2D eigenvalue weighted by Gasteiger charge is 2.29. The Balaban J connectivity index is 2.56. The van der Waals surface area contributed by atoms with Crippen LogP contribution in [-0.2, 0) is 4.79 Å². The number of aryl methyl sites for hydroxylation is 1. The van der Waals surface area contributed by atoms with Gasteiger partial charge in [-0.15, -0.1) is 0 Å². The lowest BCUT2D eigenvalue weighted by Gasteiger charge is -2.22. The molecule has 170 valence electrons. The van der Waals surface area contributed by atoms with Crippen molar-refractivity contribution < 1.29 is 24.3 Å². The topological polar surface area (TPSA) is 237 Å². The molecule has 0 saturated carbocycles. The minimum Gasteiger partial charge on any atom is -0.481 e. The third-order valence-corrected chi connectivity index (χ3v) is 4.47. The van der Waals surface area contributed by atoms with Gasteiger partial charge in [0.2, 0.25) is 0 Å². The number of hydrogen-bond donors (Lipinski definition) is 6. The maximum absolute atomic E-state index is 13.0. The molecular formula is C17H20ClN9O5. The van der Waals surface area contributed by atoms with Crippen LogP contribution in [0.15, 0.2) is 24.3 Å². The highest BCUT2D eigenvalue weighted by molar-refractivity contribution is 6.32. The van der Waals surface area contributed by atoms with Crippen LogP contribution in [0.2, 0.25) is 5.15 Å². The van der Waals surface area contributed by atoms with Crippen molar-refractivity contribution in [1.82, 2.24) is 15.3 Å². The molecule has 1 aromatic carbocycles. The van der Waals surface area contributed by atoms with E-state index in [0.29, 0.717) is 10.6 Å². The first-order chi connectivity index (χ1) is 14.9. The van der Waals surface area contributed by atoms with E-state index in [-0.39, 0.29) is 5.01 Å². The molecule has 0 aliphatic rings. The number of rotatable bonds is 7. The molecule has 15 heteroatoms. The molecule has 10 N–H and O–H groups in total. The highest BCUT2D eigenvalue weighted by Crippen LogP contribution is 2.27. The van der Waals surface area contributed by atoms with Gasteiger partial charge in [-0.2, -0.15) is 0 Å². The zero-order chi connectivity index (χ0) is 24.2. The molecule has 14 nitrogen and oxygen atoms in total. The van der Waals surface area contributed by atoms with E-state index < -0.39 is 58.9 Å². The van der Waals surface area contributed by atoms with Gasteiger partial charge in [0.1, 0.15) is 0 Å². The molecule has 2 aromatic rings. The van der Waals surface area contributed by atoms with Gasteiger partial charge >= 0.3 is 18.0 Å². The number of benzene rings is 1. The van der Waals surface area contributed by atoms with Gasteiger partial charge in [0.15, 0.2) is 22.5 Å². The minimum atomic E-state index is -1.23. The van der Waals surface area contributed by atoms with Crippen molar-refractivity contribution in [1.29, 1.82) is 0 Å². The number of amides is 5. The summed E-state index contributed by atoms with van der Waals surface area (Å²) in [5, 5.41) is 11.8. The van der Waals surface area contributed by atoms with Crippen LogP contribution in [0.3, 0.4) is 0 Å². The number of halogens is 1. The Labute approximate surface area is 186 Å². The molecule has 0 bridgehead atoms. The highest BCUT2D eigenvalue weighted by atomic mass is 35.5. The Bertz CT molecular complexity index is 1080. The maximum atomic E-state index is 13.0. The molecule has 0 fully saturated rings. The predicted octanol–water partition coefficient (Wildman–Crippen LogP) is -0.0982. The molecule has 0 unspecified atom stereocenters. The van der Waals surface area contributed by atoms with Gasteiger partial charge in [-0.1, -0.05) is 35.9 Å². The number of carboxylic acids is 1. The average molecular weight is 466 g/mol. The smallest absolute Gasteiger partial charge is 0.335 e. The first-order valence-electron chi connectivity index (χ1n) is 8.78. The zero-order valence-electron chi connectivity index (χ0n) is 16.7. The summed E-state index contributed by atoms with van der Waals surface area (Å²) in [6, 6.07) is 3.42. The summed E-state index contributed by atoms with van der Waals surface area (Å²) in [6.07, 6.45) is -0.467. The van der Waals surface area contributed by atoms with E-state index in [9.17, 15) is 24.3 Å². The number of carbonyl (C=O) groups excluding carboxylic acids is 3. The standard InChI is InChI=1S/C17H20ClN9O5/c1-7-4-2-3-5-8(7)9(6-10(28)29)23-15(30)11-13(26(21)16(19)31)25-14(12(18)24-11)27(22)17(20)32/h2-5,9H,6,21-22H2,1H3,(H2,19,31)(H2,20,32)(H,23,30)(H,28,29)/t9-/m0/s1. The molecule has 32 heavy (non-hydrogen) atoms. The molecule has 2 rings (SSSR count). The van der Waals surface area contributed by atoms with E-state index in [0.717, 1.165) is 5.56 Å². The lowest BCUT2D eigenvalue weighted by Crippen LogP contribution is -2.46. The minimum absolute atomic E-state index is 0.274. The maximum Gasteiger partial charge on any atom is 0.335 e. The average Bonchev–Trinajstić information content (AvgIpc) is 2.71. The van der Waals surface area contributed by atoms with E-state index in [1.54, 1.807) is 31.2 Å². The number of nitrogens with two attached hydrogens (primary N) is 4. The van der Waals surface area contributed by atoms with Gasteiger partial charge in [-0.25, -0.2) is 41.3 Å². The fraction of sp³-hybridized carbons (Fsp3) is 0.176. The molecule has 1 heterocycles. The van der Waals surface area contributed by atoms with Crippen LogP contribution < -0.4 is 38.5 Å². The Morgan fingerprint density at radius 2 is 1.62 bits per heavy atom. The number of nitrogens with zero attached hydrogens (tertiary/aromatic N) is 4. The second-order valence-corrected chi connectivity index (χ2v) is 6.77. The van der Waals surface area contributed by atoms with Crippen LogP contribution in [0, 0.1) is 6.92 Å². The van der Waals surface area contributed by atoms with Gasteiger partial charge in [0.05, 0.1) is 12.5 Å². The normalized spacial score (nSPS) is 11.4. The second-order valence-electron chi connectivity index (χ2n) is 6.41. The predicted molar refractivity (Wildman–Crippen MR) is 113 cm³/mol. The van der Waals surface area contributed by atoms with Crippen LogP contribution in [0.1, 0.15) is 34.1 Å². The molecule has 0 saturated heterocycles. The van der Waals surface area contributed by atoms with Crippen LogP contribution in [0.4, 0.5) is 21.2 Å². The number of aliphatic carboxylic acids is 1. The Hall–Kier alpha value is -4.01. The lowest BCUT2D eigenvalue weighted by molar-refractivity contribution is -0.137. The quantitative estimate of drug-likeness (QED) is 0.181. The van der Waals surface area contributed by atoms with Crippen molar-refractivity contribution in [2.75, 3.05) is 10.0 Å². The molecular weight excluding hydrogens is 446 g/mol. The van der Waals surface area contributed by atoms with Crippen LogP contribution in [0.25, 0.3) is 0 Å². The monoisotopic (exact) mass is 465 g/mol. The van der Waals surface area contributed by atoms with Crippen molar-refractivity contribution >= 4 is 47.2 Å². The summed E-state index contributed by atoms with van der Waals surface area (Å²) >= 11 is 5.98. The number of nitrogens with one attached hydrogen (secondary N) is 1. The van der Waals surface area contributed by atoms with E-state index in [4.69, 9.17) is 34.8 Å². The number of primary amides is 2. The van der Waals surface area contributed by atoms with Crippen molar-refractivity contribution in [2.45, 2.75) is 19.4 Å². The van der Waals surface area contributed by atoms with Gasteiger partial charge in [0, 0.05) is 0 Å². The third-order valence-electron chi connectivity index (χ3n) is 4.21. The number of carboxylic acid groups (broad SMARTS) is 1. The Morgan fingerprint density at radius 3 is 2.16 bits per heavy atom. The molecule has 0 spiro atoms. The van der Waals surface area contributed by atoms with Crippen molar-refractivity contribution in [3.8, 4) is 0 Å². The van der Waals surface area contributed by atoms with Crippen LogP contribution in [0.5, 0.6) is 0 Å². The fourth-order valence-electron chi connectivity index (χ4n) is 2.70. The van der Waals surface area contributed by atoms with Crippen LogP contribution >= 0.6 is 11.6 Å². The number of anilines is 2. The fourth-order valence-corrected chi connectivity index (χ4v) is 2.92. The van der Waals surface area contributed by atoms with Crippen molar-refractivity contribution in [3.63, 3.8) is 0 Å². The molecule has 0 aliphatic heterocycles. The first kappa shape index (κ1) is 24.3. The van der Waals surface area contributed by atoms with E-state index in [1.807, 2.05) is 0 Å². The van der Waals surface area contributed by atoms with Crippen molar-refractivity contribution in [2.24, 2.45) is 23.2 Å². The lowest BCUT2D eigenvalue weighted by atomic mass is 9.98. The Morgan fingerprint density at radius 1 is 1.06 bits per heavy atom. The summed E-state index contributed by atoms with van der Waals surface area (Å²) in [5.74, 6) is 7.77. The van der Waals surface area contributed by atoms with Crippen LogP contribution in [-0.4, -0.2) is 39.0 Å². The van der Waals surface area contributed by atoms with Gasteiger partial charge < -0.3 is 21.9 Å². The van der Waals surface area contributed by atoms with E-state index >= 15 is 0 Å². The Kier molecular flexibility index (Phi) is 7.48. The molecule has 5 amide bonds. The number of urea groups is 2. The van der Waals surface area contributed by atoms with Gasteiger partial charge in [0.25, 0.3) is 5.91 Å². The summed E-state index contributed by atoms with van der Waals surface area (Å²) in [7, 11) is 0. The molecule has 0 aliphatic carbocycles. The third kappa shape index (κ3) is 5.37. The molecule has 0 radical (unpaired) electrons. The molecule has 1 aromatic heterocycles. The van der Waals surface area contributed by atoms with Gasteiger partial charge in [-0.05, 0) is 18.1 Å². The number of carbonyl (C=O) groups is 4. The summed E-state index contributed by atoms with van der Waals surface area (Å²) in [4.78, 5) is 54.9. The number of aromatic nitrogens is 2. The van der Waals surface area contributed by atoms with E-state index in [1.165, 1.54) is 0 Å². The second kappa shape index (κ2) is 9.86. The first-order valence-corrected chi connectivity index (χ1v) is 9.16. The molecule has 1 atom stereocenters. The summed E-state index contributed by atoms with van der Waals surface area (Å²) in [6.45, 7) is 1.74. The number of hydrazine groups is 2. The summed E-state index contributed by atoms with van der Waals surface area (Å²) in [5.41, 5.74) is 10.9. The van der Waals surface area contributed by atoms with Gasteiger partial charge in [-0.3, -0.25) is 9.59 Å². The number of hydrogen-bond acceptors (Lipinski definition) is 8.